The number of nitrogens with zero attached hydrogens (tertiary/aromatic N) is 1. The average molecular weight is 186 g/mol. The Balaban J connectivity index is 2.47. The minimum Gasteiger partial charge on any atom is -0.307 e. The minimum absolute atomic E-state index is 0.154. The summed E-state index contributed by atoms with van der Waals surface area (Å²) in [7, 11) is 0. The van der Waals surface area contributed by atoms with Gasteiger partial charge in [0.1, 0.15) is 0 Å². The zero-order valence-electron chi connectivity index (χ0n) is 8.59. The molecule has 1 aliphatic heterocycles. The normalized spacial score (nSPS) is 18.4. The van der Waals surface area contributed by atoms with Crippen molar-refractivity contribution < 1.29 is 0 Å². The summed E-state index contributed by atoms with van der Waals surface area (Å²) in [5, 5.41) is 12.4. The van der Waals surface area contributed by atoms with Crippen LogP contribution in [0.15, 0.2) is 18.2 Å². The lowest BCUT2D eigenvalue weighted by molar-refractivity contribution is 0.362. The van der Waals surface area contributed by atoms with E-state index in [-0.39, 0.29) is 5.54 Å². The molecule has 0 atom stereocenters. The third kappa shape index (κ3) is 1.51. The molecule has 14 heavy (non-hydrogen) atoms. The molecule has 0 fully saturated rings. The van der Waals surface area contributed by atoms with E-state index in [1.807, 2.05) is 12.1 Å². The van der Waals surface area contributed by atoms with Crippen LogP contribution in [0.2, 0.25) is 0 Å². The Labute approximate surface area is 84.6 Å². The van der Waals surface area contributed by atoms with Gasteiger partial charge < -0.3 is 5.32 Å². The van der Waals surface area contributed by atoms with Gasteiger partial charge >= 0.3 is 0 Å². The summed E-state index contributed by atoms with van der Waals surface area (Å²) >= 11 is 0. The highest BCUT2D eigenvalue weighted by Gasteiger charge is 2.25. The van der Waals surface area contributed by atoms with Gasteiger partial charge in [-0.15, -0.1) is 0 Å². The first kappa shape index (κ1) is 9.23. The molecule has 0 aromatic heterocycles. The lowest BCUT2D eigenvalue weighted by atomic mass is 9.86. The van der Waals surface area contributed by atoms with Crippen molar-refractivity contribution in [1.29, 1.82) is 5.26 Å². The molecule has 0 spiro atoms. The van der Waals surface area contributed by atoms with Crippen LogP contribution in [0, 0.1) is 11.3 Å². The van der Waals surface area contributed by atoms with Crippen molar-refractivity contribution in [2.45, 2.75) is 32.4 Å². The van der Waals surface area contributed by atoms with Gasteiger partial charge in [-0.25, -0.2) is 0 Å². The Morgan fingerprint density at radius 1 is 1.43 bits per heavy atom. The molecule has 0 saturated heterocycles. The number of benzene rings is 1. The zero-order valence-corrected chi connectivity index (χ0v) is 8.59. The SMILES string of the molecule is CC1(C)Cc2cccc(C#N)c2CN1. The van der Waals surface area contributed by atoms with E-state index in [1.54, 1.807) is 0 Å². The smallest absolute Gasteiger partial charge is 0.0995 e. The van der Waals surface area contributed by atoms with Crippen LogP contribution in [0.25, 0.3) is 0 Å². The van der Waals surface area contributed by atoms with Gasteiger partial charge in [0.2, 0.25) is 0 Å². The third-order valence-corrected chi connectivity index (χ3v) is 2.77. The minimum atomic E-state index is 0.154. The second-order valence-electron chi connectivity index (χ2n) is 4.47. The summed E-state index contributed by atoms with van der Waals surface area (Å²) in [6, 6.07) is 8.22. The van der Waals surface area contributed by atoms with Crippen LogP contribution in [0.4, 0.5) is 0 Å². The molecule has 2 rings (SSSR count). The number of nitriles is 1. The fourth-order valence-electron chi connectivity index (χ4n) is 1.98. The second kappa shape index (κ2) is 3.11. The molecule has 2 heteroatoms. The summed E-state index contributed by atoms with van der Waals surface area (Å²) in [5.41, 5.74) is 3.45. The van der Waals surface area contributed by atoms with Gasteiger partial charge in [0.25, 0.3) is 0 Å². The van der Waals surface area contributed by atoms with Gasteiger partial charge in [0, 0.05) is 12.1 Å². The predicted molar refractivity (Wildman–Crippen MR) is 55.8 cm³/mol. The van der Waals surface area contributed by atoms with Crippen LogP contribution in [0.5, 0.6) is 0 Å². The molecule has 72 valence electrons. The van der Waals surface area contributed by atoms with Gasteiger partial charge in [-0.2, -0.15) is 5.26 Å². The summed E-state index contributed by atoms with van der Waals surface area (Å²) in [5.74, 6) is 0. The molecule has 0 aliphatic carbocycles. The van der Waals surface area contributed by atoms with E-state index < -0.39 is 0 Å². The van der Waals surface area contributed by atoms with E-state index in [0.717, 1.165) is 18.5 Å². The summed E-state index contributed by atoms with van der Waals surface area (Å²) in [6.45, 7) is 5.19. The zero-order chi connectivity index (χ0) is 10.2. The average Bonchev–Trinajstić information content (AvgIpc) is 2.15. The highest BCUT2D eigenvalue weighted by Crippen LogP contribution is 2.24. The molecular formula is C12H14N2. The number of nitrogens with one attached hydrogen (secondary N) is 1. The highest BCUT2D eigenvalue weighted by atomic mass is 15.0. The van der Waals surface area contributed by atoms with Crippen LogP contribution in [-0.4, -0.2) is 5.54 Å². The first-order chi connectivity index (χ1) is 6.62. The molecule has 1 aromatic rings. The lowest BCUT2D eigenvalue weighted by Gasteiger charge is -2.33. The van der Waals surface area contributed by atoms with E-state index in [0.29, 0.717) is 0 Å². The number of rotatable bonds is 0. The number of hydrogen-bond acceptors (Lipinski definition) is 2. The monoisotopic (exact) mass is 186 g/mol. The Morgan fingerprint density at radius 3 is 2.93 bits per heavy atom. The quantitative estimate of drug-likeness (QED) is 0.672. The number of hydrogen-bond donors (Lipinski definition) is 1. The topological polar surface area (TPSA) is 35.8 Å². The van der Waals surface area contributed by atoms with Crippen LogP contribution in [-0.2, 0) is 13.0 Å². The van der Waals surface area contributed by atoms with Crippen molar-refractivity contribution in [3.8, 4) is 6.07 Å². The van der Waals surface area contributed by atoms with Crippen molar-refractivity contribution in [2.24, 2.45) is 0 Å². The van der Waals surface area contributed by atoms with Crippen molar-refractivity contribution in [1.82, 2.24) is 5.32 Å². The molecule has 0 amide bonds. The van der Waals surface area contributed by atoms with Gasteiger partial charge in [-0.05, 0) is 37.5 Å². The molecule has 0 unspecified atom stereocenters. The van der Waals surface area contributed by atoms with E-state index in [9.17, 15) is 0 Å². The molecule has 1 heterocycles. The largest absolute Gasteiger partial charge is 0.307 e. The van der Waals surface area contributed by atoms with Gasteiger partial charge in [0.05, 0.1) is 11.6 Å². The van der Waals surface area contributed by atoms with E-state index in [2.05, 4.69) is 31.3 Å². The van der Waals surface area contributed by atoms with Gasteiger partial charge in [-0.1, -0.05) is 12.1 Å². The van der Waals surface area contributed by atoms with E-state index in [4.69, 9.17) is 5.26 Å². The first-order valence-electron chi connectivity index (χ1n) is 4.88. The Morgan fingerprint density at radius 2 is 2.21 bits per heavy atom. The molecule has 1 N–H and O–H groups in total. The Hall–Kier alpha value is -1.33. The Bertz CT molecular complexity index is 399. The maximum atomic E-state index is 8.95. The van der Waals surface area contributed by atoms with Gasteiger partial charge in [-0.3, -0.25) is 0 Å². The molecule has 1 aromatic carbocycles. The van der Waals surface area contributed by atoms with Crippen molar-refractivity contribution >= 4 is 0 Å². The second-order valence-corrected chi connectivity index (χ2v) is 4.47. The molecule has 0 radical (unpaired) electrons. The number of fused-ring (bicyclic) bond motifs is 1. The van der Waals surface area contributed by atoms with Crippen molar-refractivity contribution in [3.05, 3.63) is 34.9 Å². The maximum absolute atomic E-state index is 8.95. The summed E-state index contributed by atoms with van der Waals surface area (Å²) in [4.78, 5) is 0. The van der Waals surface area contributed by atoms with E-state index in [1.165, 1.54) is 11.1 Å². The standard InChI is InChI=1S/C12H14N2/c1-12(2)6-9-4-3-5-10(7-13)11(9)8-14-12/h3-5,14H,6,8H2,1-2H3. The summed E-state index contributed by atoms with van der Waals surface area (Å²) < 4.78 is 0. The van der Waals surface area contributed by atoms with Crippen LogP contribution in [0.3, 0.4) is 0 Å². The predicted octanol–water partition coefficient (Wildman–Crippen LogP) is 1.98. The third-order valence-electron chi connectivity index (χ3n) is 2.77. The van der Waals surface area contributed by atoms with Crippen molar-refractivity contribution in [3.63, 3.8) is 0 Å². The van der Waals surface area contributed by atoms with Crippen LogP contribution < -0.4 is 5.32 Å². The van der Waals surface area contributed by atoms with Gasteiger partial charge in [0.15, 0.2) is 0 Å². The highest BCUT2D eigenvalue weighted by molar-refractivity contribution is 5.44. The maximum Gasteiger partial charge on any atom is 0.0995 e. The molecule has 0 saturated carbocycles. The first-order valence-corrected chi connectivity index (χ1v) is 4.88. The molecule has 1 aliphatic rings. The van der Waals surface area contributed by atoms with Crippen LogP contribution in [0.1, 0.15) is 30.5 Å². The van der Waals surface area contributed by atoms with Crippen LogP contribution >= 0.6 is 0 Å². The fourth-order valence-corrected chi connectivity index (χ4v) is 1.98. The Kier molecular flexibility index (Phi) is 2.05. The molecular weight excluding hydrogens is 172 g/mol. The molecule has 2 nitrogen and oxygen atoms in total. The summed E-state index contributed by atoms with van der Waals surface area (Å²) in [6.07, 6.45) is 0.998. The molecule has 0 bridgehead atoms. The van der Waals surface area contributed by atoms with E-state index >= 15 is 0 Å². The van der Waals surface area contributed by atoms with Crippen molar-refractivity contribution in [2.75, 3.05) is 0 Å². The fraction of sp³-hybridized carbons (Fsp3) is 0.417. The lowest BCUT2D eigenvalue weighted by Crippen LogP contribution is -2.44.